The van der Waals surface area contributed by atoms with Gasteiger partial charge in [0.25, 0.3) is 0 Å². The van der Waals surface area contributed by atoms with E-state index in [0.717, 1.165) is 10.9 Å². The summed E-state index contributed by atoms with van der Waals surface area (Å²) in [6.45, 7) is 3.72. The van der Waals surface area contributed by atoms with Gasteiger partial charge in [-0.05, 0) is 18.2 Å². The van der Waals surface area contributed by atoms with Gasteiger partial charge in [0, 0.05) is 23.6 Å². The number of hydrogen-bond donors (Lipinski definition) is 3. The second-order valence-electron chi connectivity index (χ2n) is 3.70. The van der Waals surface area contributed by atoms with Gasteiger partial charge in [-0.3, -0.25) is 9.59 Å². The van der Waals surface area contributed by atoms with Crippen LogP contribution in [-0.4, -0.2) is 23.3 Å². The highest BCUT2D eigenvalue weighted by atomic mass is 16.2. The first-order valence-corrected chi connectivity index (χ1v) is 5.48. The second kappa shape index (κ2) is 5.18. The number of H-pyrrole nitrogens is 1. The molecule has 5 nitrogen and oxygen atoms in total. The Labute approximate surface area is 104 Å². The van der Waals surface area contributed by atoms with Gasteiger partial charge in [-0.1, -0.05) is 12.1 Å². The number of amides is 2. The molecule has 0 unspecified atom stereocenters. The lowest BCUT2D eigenvalue weighted by molar-refractivity contribution is -0.136. The molecule has 0 bridgehead atoms. The lowest BCUT2D eigenvalue weighted by atomic mass is 10.2. The van der Waals surface area contributed by atoms with E-state index >= 15 is 0 Å². The van der Waals surface area contributed by atoms with Gasteiger partial charge in [0.05, 0.1) is 5.69 Å². The molecule has 0 saturated carbocycles. The number of aromatic amines is 1. The number of fused-ring (bicyclic) bond motifs is 1. The maximum atomic E-state index is 11.6. The van der Waals surface area contributed by atoms with Gasteiger partial charge in [-0.2, -0.15) is 0 Å². The SMILES string of the molecule is C=CCNC(=O)C(=O)Nc1cccc2[nH]ccc12. The number of carbonyl (C=O) groups excluding carboxylic acids is 2. The van der Waals surface area contributed by atoms with Gasteiger partial charge in [0.15, 0.2) is 0 Å². The van der Waals surface area contributed by atoms with E-state index in [9.17, 15) is 9.59 Å². The molecule has 2 amide bonds. The number of carbonyl (C=O) groups is 2. The summed E-state index contributed by atoms with van der Waals surface area (Å²) in [5, 5.41) is 5.86. The highest BCUT2D eigenvalue weighted by molar-refractivity contribution is 6.40. The predicted molar refractivity (Wildman–Crippen MR) is 70.1 cm³/mol. The van der Waals surface area contributed by atoms with Crippen LogP contribution in [0.25, 0.3) is 10.9 Å². The van der Waals surface area contributed by atoms with E-state index in [1.165, 1.54) is 6.08 Å². The van der Waals surface area contributed by atoms with Gasteiger partial charge in [0.2, 0.25) is 0 Å². The van der Waals surface area contributed by atoms with Crippen LogP contribution < -0.4 is 10.6 Å². The molecule has 5 heteroatoms. The first-order valence-electron chi connectivity index (χ1n) is 5.48. The van der Waals surface area contributed by atoms with E-state index in [0.29, 0.717) is 5.69 Å². The number of benzene rings is 1. The van der Waals surface area contributed by atoms with E-state index in [1.54, 1.807) is 18.3 Å². The van der Waals surface area contributed by atoms with Crippen LogP contribution in [0.5, 0.6) is 0 Å². The minimum Gasteiger partial charge on any atom is -0.361 e. The lowest BCUT2D eigenvalue weighted by Crippen LogP contribution is -2.35. The normalized spacial score (nSPS) is 10.0. The van der Waals surface area contributed by atoms with Crippen molar-refractivity contribution in [2.75, 3.05) is 11.9 Å². The smallest absolute Gasteiger partial charge is 0.313 e. The molecule has 0 aliphatic heterocycles. The summed E-state index contributed by atoms with van der Waals surface area (Å²) in [5.74, 6) is -1.37. The third-order valence-corrected chi connectivity index (χ3v) is 2.46. The molecule has 0 fully saturated rings. The van der Waals surface area contributed by atoms with Crippen molar-refractivity contribution in [1.29, 1.82) is 0 Å². The summed E-state index contributed by atoms with van der Waals surface area (Å²) >= 11 is 0. The zero-order valence-electron chi connectivity index (χ0n) is 9.69. The zero-order chi connectivity index (χ0) is 13.0. The van der Waals surface area contributed by atoms with Crippen molar-refractivity contribution in [2.45, 2.75) is 0 Å². The molecule has 2 rings (SSSR count). The number of nitrogens with one attached hydrogen (secondary N) is 3. The Kier molecular flexibility index (Phi) is 3.43. The predicted octanol–water partition coefficient (Wildman–Crippen LogP) is 1.41. The summed E-state index contributed by atoms with van der Waals surface area (Å²) < 4.78 is 0. The van der Waals surface area contributed by atoms with Crippen molar-refractivity contribution in [3.05, 3.63) is 43.1 Å². The van der Waals surface area contributed by atoms with E-state index in [4.69, 9.17) is 0 Å². The third-order valence-electron chi connectivity index (χ3n) is 2.46. The molecule has 0 atom stereocenters. The minimum atomic E-state index is -0.689. The molecular formula is C13H13N3O2. The standard InChI is InChI=1S/C13H13N3O2/c1-2-7-15-12(17)13(18)16-11-5-3-4-10-9(11)6-8-14-10/h2-6,8,14H,1,7H2,(H,15,17)(H,16,18). The number of rotatable bonds is 3. The van der Waals surface area contributed by atoms with E-state index in [2.05, 4.69) is 22.2 Å². The first kappa shape index (κ1) is 11.9. The molecule has 0 aliphatic rings. The molecule has 0 radical (unpaired) electrons. The Morgan fingerprint density at radius 2 is 2.11 bits per heavy atom. The monoisotopic (exact) mass is 243 g/mol. The fourth-order valence-corrected chi connectivity index (χ4v) is 1.62. The van der Waals surface area contributed by atoms with Crippen LogP contribution in [0.4, 0.5) is 5.69 Å². The lowest BCUT2D eigenvalue weighted by Gasteiger charge is -2.06. The average molecular weight is 243 g/mol. The summed E-state index contributed by atoms with van der Waals surface area (Å²) in [7, 11) is 0. The van der Waals surface area contributed by atoms with Crippen LogP contribution in [0.15, 0.2) is 43.1 Å². The Hall–Kier alpha value is -2.56. The van der Waals surface area contributed by atoms with Crippen LogP contribution in [0.2, 0.25) is 0 Å². The molecule has 3 N–H and O–H groups in total. The third kappa shape index (κ3) is 2.40. The Bertz CT molecular complexity index is 601. The Balaban J connectivity index is 2.13. The van der Waals surface area contributed by atoms with Crippen LogP contribution in [0, 0.1) is 0 Å². The average Bonchev–Trinajstić information content (AvgIpc) is 2.85. The fourth-order valence-electron chi connectivity index (χ4n) is 1.62. The molecule has 0 saturated heterocycles. The molecule has 18 heavy (non-hydrogen) atoms. The Morgan fingerprint density at radius 3 is 2.89 bits per heavy atom. The van der Waals surface area contributed by atoms with Crippen molar-refractivity contribution in [1.82, 2.24) is 10.3 Å². The summed E-state index contributed by atoms with van der Waals surface area (Å²) in [6, 6.07) is 7.28. The van der Waals surface area contributed by atoms with Crippen LogP contribution in [-0.2, 0) is 9.59 Å². The summed E-state index contributed by atoms with van der Waals surface area (Å²) in [5.41, 5.74) is 1.51. The molecule has 1 aromatic carbocycles. The van der Waals surface area contributed by atoms with E-state index in [-0.39, 0.29) is 6.54 Å². The maximum absolute atomic E-state index is 11.6. The highest BCUT2D eigenvalue weighted by Crippen LogP contribution is 2.21. The largest absolute Gasteiger partial charge is 0.361 e. The quantitative estimate of drug-likeness (QED) is 0.563. The molecule has 0 spiro atoms. The second-order valence-corrected chi connectivity index (χ2v) is 3.70. The summed E-state index contributed by atoms with van der Waals surface area (Å²) in [6.07, 6.45) is 3.29. The van der Waals surface area contributed by atoms with Crippen LogP contribution in [0.1, 0.15) is 0 Å². The topological polar surface area (TPSA) is 74.0 Å². The number of hydrogen-bond acceptors (Lipinski definition) is 2. The number of aromatic nitrogens is 1. The van der Waals surface area contributed by atoms with Crippen LogP contribution in [0.3, 0.4) is 0 Å². The highest BCUT2D eigenvalue weighted by Gasteiger charge is 2.13. The van der Waals surface area contributed by atoms with E-state index in [1.807, 2.05) is 12.1 Å². The van der Waals surface area contributed by atoms with Gasteiger partial charge in [0.1, 0.15) is 0 Å². The molecule has 2 aromatic rings. The van der Waals surface area contributed by atoms with Crippen molar-refractivity contribution < 1.29 is 9.59 Å². The first-order chi connectivity index (χ1) is 8.72. The van der Waals surface area contributed by atoms with Gasteiger partial charge in [-0.15, -0.1) is 6.58 Å². The van der Waals surface area contributed by atoms with Gasteiger partial charge in [-0.25, -0.2) is 0 Å². The fraction of sp³-hybridized carbons (Fsp3) is 0.0769. The molecule has 1 aromatic heterocycles. The maximum Gasteiger partial charge on any atom is 0.313 e. The van der Waals surface area contributed by atoms with Crippen molar-refractivity contribution >= 4 is 28.4 Å². The minimum absolute atomic E-state index is 0.264. The summed E-state index contributed by atoms with van der Waals surface area (Å²) in [4.78, 5) is 26.0. The van der Waals surface area contributed by atoms with E-state index < -0.39 is 11.8 Å². The molecule has 0 aliphatic carbocycles. The van der Waals surface area contributed by atoms with Crippen molar-refractivity contribution in [3.8, 4) is 0 Å². The van der Waals surface area contributed by atoms with Crippen LogP contribution >= 0.6 is 0 Å². The zero-order valence-corrected chi connectivity index (χ0v) is 9.69. The molecular weight excluding hydrogens is 230 g/mol. The molecule has 1 heterocycles. The van der Waals surface area contributed by atoms with Crippen molar-refractivity contribution in [2.24, 2.45) is 0 Å². The molecule has 92 valence electrons. The number of anilines is 1. The van der Waals surface area contributed by atoms with Gasteiger partial charge >= 0.3 is 11.8 Å². The Morgan fingerprint density at radius 1 is 1.28 bits per heavy atom. The van der Waals surface area contributed by atoms with Gasteiger partial charge < -0.3 is 15.6 Å². The van der Waals surface area contributed by atoms with Crippen molar-refractivity contribution in [3.63, 3.8) is 0 Å².